The molecule has 182 valence electrons. The van der Waals surface area contributed by atoms with Crippen molar-refractivity contribution in [2.45, 2.75) is 43.1 Å². The highest BCUT2D eigenvalue weighted by Crippen LogP contribution is 2.68. The fraction of sp³-hybridized carbons (Fsp3) is 0.455. The zero-order valence-electron chi connectivity index (χ0n) is 18.7. The number of fused-ring (bicyclic) bond motifs is 1. The maximum Gasteiger partial charge on any atom is 0.275 e. The van der Waals surface area contributed by atoms with E-state index in [-0.39, 0.29) is 40.5 Å². The Labute approximate surface area is 198 Å². The normalized spacial score (nSPS) is 26.4. The van der Waals surface area contributed by atoms with Crippen LogP contribution in [0.3, 0.4) is 0 Å². The smallest absolute Gasteiger partial charge is 0.275 e. The Kier molecular flexibility index (Phi) is 6.47. The zero-order valence-corrected chi connectivity index (χ0v) is 19.5. The standard InChI is InChI=1S/C22H24F3N5O3S/c1-11(10-32-3)33-17-9-27-15(8-28-17)18(31)29-12-4-5-14(23)13(6-12)21(2)16-7-22(16,19(24)25)34-20(26)30-21/h4-6,8-9,11,16,19H,7,10H2,1-3H3,(H2,26,30)(H,29,31)/t11-,16-,21-,22-/m0/s1. The molecule has 1 aromatic heterocycles. The summed E-state index contributed by atoms with van der Waals surface area (Å²) in [4.78, 5) is 25.1. The Morgan fingerprint density at radius 2 is 2.12 bits per heavy atom. The second-order valence-corrected chi connectivity index (χ2v) is 9.87. The number of benzene rings is 1. The third-order valence-corrected chi connectivity index (χ3v) is 7.30. The van der Waals surface area contributed by atoms with Crippen molar-refractivity contribution in [3.63, 3.8) is 0 Å². The molecule has 1 aliphatic carbocycles. The van der Waals surface area contributed by atoms with E-state index in [0.29, 0.717) is 6.61 Å². The van der Waals surface area contributed by atoms with E-state index in [1.54, 1.807) is 21.0 Å². The fourth-order valence-corrected chi connectivity index (χ4v) is 5.60. The number of hydrogen-bond donors (Lipinski definition) is 2. The number of anilines is 1. The summed E-state index contributed by atoms with van der Waals surface area (Å²) in [5.74, 6) is -1.56. The predicted molar refractivity (Wildman–Crippen MR) is 122 cm³/mol. The number of carbonyl (C=O) groups is 1. The number of ether oxygens (including phenoxy) is 2. The molecule has 0 spiro atoms. The average Bonchev–Trinajstić information content (AvgIpc) is 3.52. The lowest BCUT2D eigenvalue weighted by Crippen LogP contribution is -2.38. The Morgan fingerprint density at radius 3 is 2.76 bits per heavy atom. The molecule has 2 heterocycles. The summed E-state index contributed by atoms with van der Waals surface area (Å²) in [5, 5.41) is 2.62. The number of hydrogen-bond acceptors (Lipinski definition) is 8. The van der Waals surface area contributed by atoms with E-state index in [0.717, 1.165) is 17.8 Å². The van der Waals surface area contributed by atoms with Crippen molar-refractivity contribution in [1.29, 1.82) is 0 Å². The summed E-state index contributed by atoms with van der Waals surface area (Å²) in [6, 6.07) is 3.93. The molecule has 1 aliphatic heterocycles. The van der Waals surface area contributed by atoms with Gasteiger partial charge in [0.2, 0.25) is 5.88 Å². The van der Waals surface area contributed by atoms with Crippen molar-refractivity contribution in [2.24, 2.45) is 16.6 Å². The largest absolute Gasteiger partial charge is 0.471 e. The molecule has 34 heavy (non-hydrogen) atoms. The Balaban J connectivity index is 1.53. The number of amides is 1. The van der Waals surface area contributed by atoms with E-state index in [9.17, 15) is 18.0 Å². The van der Waals surface area contributed by atoms with Gasteiger partial charge in [-0.15, -0.1) is 0 Å². The highest BCUT2D eigenvalue weighted by Gasteiger charge is 2.71. The molecule has 0 saturated heterocycles. The number of carbonyl (C=O) groups excluding carboxylic acids is 1. The van der Waals surface area contributed by atoms with Gasteiger partial charge in [-0.25, -0.2) is 23.1 Å². The fourth-order valence-electron chi connectivity index (χ4n) is 4.26. The number of thioether (sulfide) groups is 1. The van der Waals surface area contributed by atoms with Crippen molar-refractivity contribution in [3.05, 3.63) is 47.7 Å². The van der Waals surface area contributed by atoms with E-state index in [1.807, 2.05) is 0 Å². The van der Waals surface area contributed by atoms with Gasteiger partial charge in [0.15, 0.2) is 5.17 Å². The van der Waals surface area contributed by atoms with Gasteiger partial charge in [-0.3, -0.25) is 9.79 Å². The SMILES string of the molecule is COC[C@H](C)Oc1cnc(C(=O)Nc2ccc(F)c([C@]3(C)N=C(N)S[C@@]4(C(F)F)C[C@@H]34)c2)cn1. The second kappa shape index (κ2) is 9.06. The maximum atomic E-state index is 14.8. The van der Waals surface area contributed by atoms with Crippen LogP contribution in [0.25, 0.3) is 0 Å². The predicted octanol–water partition coefficient (Wildman–Crippen LogP) is 3.58. The molecule has 1 saturated carbocycles. The van der Waals surface area contributed by atoms with Crippen LogP contribution >= 0.6 is 11.8 Å². The summed E-state index contributed by atoms with van der Waals surface area (Å²) in [6.45, 7) is 3.75. The number of halogens is 3. The van der Waals surface area contributed by atoms with Gasteiger partial charge in [0, 0.05) is 24.3 Å². The van der Waals surface area contributed by atoms with Crippen LogP contribution in [-0.2, 0) is 10.3 Å². The number of alkyl halides is 2. The first-order valence-corrected chi connectivity index (χ1v) is 11.3. The minimum absolute atomic E-state index is 0.0113. The van der Waals surface area contributed by atoms with Crippen LogP contribution in [0.15, 0.2) is 35.6 Å². The van der Waals surface area contributed by atoms with Crippen LogP contribution in [0.2, 0.25) is 0 Å². The minimum Gasteiger partial charge on any atom is -0.471 e. The summed E-state index contributed by atoms with van der Waals surface area (Å²) in [7, 11) is 1.55. The molecule has 2 aliphatic rings. The van der Waals surface area contributed by atoms with Gasteiger partial charge in [0.05, 0.1) is 29.3 Å². The lowest BCUT2D eigenvalue weighted by atomic mass is 9.85. The van der Waals surface area contributed by atoms with Crippen molar-refractivity contribution < 1.29 is 27.4 Å². The number of nitrogens with two attached hydrogens (primary N) is 1. The summed E-state index contributed by atoms with van der Waals surface area (Å²) < 4.78 is 51.5. The molecular weight excluding hydrogens is 471 g/mol. The lowest BCUT2D eigenvalue weighted by Gasteiger charge is -2.34. The quantitative estimate of drug-likeness (QED) is 0.576. The molecule has 1 aromatic carbocycles. The topological polar surface area (TPSA) is 112 Å². The van der Waals surface area contributed by atoms with Crippen LogP contribution in [0.1, 0.15) is 36.3 Å². The van der Waals surface area contributed by atoms with Crippen molar-refractivity contribution in [2.75, 3.05) is 19.0 Å². The molecule has 0 radical (unpaired) electrons. The molecule has 1 fully saturated rings. The van der Waals surface area contributed by atoms with Crippen molar-refractivity contribution in [3.8, 4) is 5.88 Å². The molecular formula is C22H24F3N5O3S. The third-order valence-electron chi connectivity index (χ3n) is 5.99. The second-order valence-electron chi connectivity index (χ2n) is 8.48. The zero-order chi connectivity index (χ0) is 24.7. The first-order chi connectivity index (χ1) is 16.1. The highest BCUT2D eigenvalue weighted by molar-refractivity contribution is 8.15. The monoisotopic (exact) mass is 495 g/mol. The number of aliphatic imine (C=N–C) groups is 1. The molecule has 12 heteroatoms. The number of nitrogens with zero attached hydrogens (tertiary/aromatic N) is 3. The van der Waals surface area contributed by atoms with Gasteiger partial charge in [-0.05, 0) is 38.5 Å². The average molecular weight is 496 g/mol. The summed E-state index contributed by atoms with van der Waals surface area (Å²) in [5.41, 5.74) is 4.92. The van der Waals surface area contributed by atoms with E-state index >= 15 is 0 Å². The molecule has 3 N–H and O–H groups in total. The van der Waals surface area contributed by atoms with Crippen LogP contribution in [-0.4, -0.2) is 52.0 Å². The first kappa shape index (κ1) is 24.3. The number of methoxy groups -OCH3 is 1. The number of amidine groups is 1. The molecule has 4 atom stereocenters. The molecule has 0 bridgehead atoms. The molecule has 8 nitrogen and oxygen atoms in total. The third kappa shape index (κ3) is 4.43. The van der Waals surface area contributed by atoms with Gasteiger partial charge >= 0.3 is 0 Å². The first-order valence-electron chi connectivity index (χ1n) is 10.5. The molecule has 0 unspecified atom stereocenters. The minimum atomic E-state index is -2.62. The van der Waals surface area contributed by atoms with Gasteiger partial charge in [0.1, 0.15) is 17.6 Å². The maximum absolute atomic E-state index is 14.8. The van der Waals surface area contributed by atoms with Crippen LogP contribution in [0.5, 0.6) is 5.88 Å². The number of rotatable bonds is 8. The Hall–Kier alpha value is -2.86. The molecule has 1 amide bonds. The van der Waals surface area contributed by atoms with E-state index in [1.165, 1.54) is 24.5 Å². The summed E-state index contributed by atoms with van der Waals surface area (Å²) in [6.07, 6.45) is -0.139. The van der Waals surface area contributed by atoms with Crippen molar-refractivity contribution >= 4 is 28.5 Å². The number of nitrogens with one attached hydrogen (secondary N) is 1. The van der Waals surface area contributed by atoms with Gasteiger partial charge in [-0.1, -0.05) is 11.8 Å². The summed E-state index contributed by atoms with van der Waals surface area (Å²) >= 11 is 0.846. The Morgan fingerprint density at radius 1 is 1.35 bits per heavy atom. The molecule has 4 rings (SSSR count). The van der Waals surface area contributed by atoms with E-state index in [2.05, 4.69) is 20.3 Å². The van der Waals surface area contributed by atoms with Gasteiger partial charge in [0.25, 0.3) is 12.3 Å². The highest BCUT2D eigenvalue weighted by atomic mass is 32.2. The van der Waals surface area contributed by atoms with Gasteiger partial charge < -0.3 is 20.5 Å². The van der Waals surface area contributed by atoms with Crippen LogP contribution < -0.4 is 15.8 Å². The lowest BCUT2D eigenvalue weighted by molar-refractivity contribution is 0.0885. The van der Waals surface area contributed by atoms with Crippen LogP contribution in [0.4, 0.5) is 18.9 Å². The number of aromatic nitrogens is 2. The van der Waals surface area contributed by atoms with Crippen LogP contribution in [0, 0.1) is 11.7 Å². The van der Waals surface area contributed by atoms with Gasteiger partial charge in [-0.2, -0.15) is 0 Å². The molecule has 2 aromatic rings. The van der Waals surface area contributed by atoms with E-state index in [4.69, 9.17) is 15.2 Å². The van der Waals surface area contributed by atoms with Crippen molar-refractivity contribution in [1.82, 2.24) is 9.97 Å². The Bertz CT molecular complexity index is 1120. The van der Waals surface area contributed by atoms with E-state index < -0.39 is 34.4 Å².